The summed E-state index contributed by atoms with van der Waals surface area (Å²) in [4.78, 5) is 15.5. The van der Waals surface area contributed by atoms with Gasteiger partial charge in [-0.3, -0.25) is 0 Å². The number of carbonyl (C=O) groups is 1. The molecule has 0 bridgehead atoms. The van der Waals surface area contributed by atoms with Crippen molar-refractivity contribution in [3.05, 3.63) is 0 Å². The van der Waals surface area contributed by atoms with E-state index in [0.717, 1.165) is 44.3 Å². The molecule has 1 N–H and O–H groups in total. The van der Waals surface area contributed by atoms with Crippen molar-refractivity contribution in [3.63, 3.8) is 0 Å². The van der Waals surface area contributed by atoms with E-state index in [-0.39, 0.29) is 6.03 Å². The fraction of sp³-hybridized carbons (Fsp3) is 0.941. The maximum absolute atomic E-state index is 11.9. The van der Waals surface area contributed by atoms with E-state index in [9.17, 15) is 4.79 Å². The van der Waals surface area contributed by atoms with E-state index in [2.05, 4.69) is 12.2 Å². The smallest absolute Gasteiger partial charge is 0.319 e. The number of carbonyl (C=O) groups excluding carboxylic acids is 1. The maximum atomic E-state index is 11.9. The summed E-state index contributed by atoms with van der Waals surface area (Å²) in [7, 11) is 3.66. The molecule has 2 unspecified atom stereocenters. The predicted molar refractivity (Wildman–Crippen MR) is 87.4 cm³/mol. The molecule has 21 heavy (non-hydrogen) atoms. The molecule has 1 aliphatic heterocycles. The Morgan fingerprint density at radius 1 is 1.19 bits per heavy atom. The Balaban J connectivity index is 1.59. The molecule has 4 heteroatoms. The van der Waals surface area contributed by atoms with Gasteiger partial charge in [-0.2, -0.15) is 0 Å². The second-order valence-corrected chi connectivity index (χ2v) is 7.32. The zero-order valence-electron chi connectivity index (χ0n) is 14.1. The van der Waals surface area contributed by atoms with E-state index >= 15 is 0 Å². The Morgan fingerprint density at radius 2 is 1.90 bits per heavy atom. The molecule has 1 heterocycles. The highest BCUT2D eigenvalue weighted by Gasteiger charge is 2.24. The Morgan fingerprint density at radius 3 is 2.52 bits per heavy atom. The third kappa shape index (κ3) is 5.17. The van der Waals surface area contributed by atoms with Gasteiger partial charge in [0.25, 0.3) is 0 Å². The van der Waals surface area contributed by atoms with Crippen molar-refractivity contribution in [1.82, 2.24) is 15.1 Å². The molecule has 1 saturated carbocycles. The molecule has 0 aromatic rings. The molecule has 2 fully saturated rings. The second kappa shape index (κ2) is 8.02. The van der Waals surface area contributed by atoms with Crippen LogP contribution in [-0.4, -0.2) is 55.6 Å². The summed E-state index contributed by atoms with van der Waals surface area (Å²) in [5, 5.41) is 3.72. The minimum absolute atomic E-state index is 0.157. The molecule has 122 valence electrons. The molecule has 1 aliphatic carbocycles. The lowest BCUT2D eigenvalue weighted by Gasteiger charge is -2.34. The van der Waals surface area contributed by atoms with Crippen LogP contribution in [0.4, 0.5) is 4.79 Å². The number of amides is 2. The second-order valence-electron chi connectivity index (χ2n) is 7.32. The Bertz CT molecular complexity index is 324. The van der Waals surface area contributed by atoms with Gasteiger partial charge in [-0.1, -0.05) is 26.2 Å². The van der Waals surface area contributed by atoms with E-state index in [1.165, 1.54) is 32.1 Å². The molecule has 0 aromatic carbocycles. The lowest BCUT2D eigenvalue weighted by molar-refractivity contribution is 0.152. The largest absolute Gasteiger partial charge is 0.331 e. The van der Waals surface area contributed by atoms with Crippen molar-refractivity contribution in [3.8, 4) is 0 Å². The first-order chi connectivity index (χ1) is 10.1. The van der Waals surface area contributed by atoms with Crippen molar-refractivity contribution >= 4 is 6.03 Å². The van der Waals surface area contributed by atoms with E-state index in [1.807, 2.05) is 19.0 Å². The van der Waals surface area contributed by atoms with E-state index < -0.39 is 0 Å². The fourth-order valence-electron chi connectivity index (χ4n) is 3.87. The summed E-state index contributed by atoms with van der Waals surface area (Å²) in [6.07, 6.45) is 9.25. The summed E-state index contributed by atoms with van der Waals surface area (Å²) in [6.45, 7) is 5.35. The number of nitrogens with one attached hydrogen (secondary N) is 1. The molecule has 2 rings (SSSR count). The lowest BCUT2D eigenvalue weighted by Crippen LogP contribution is -2.48. The molecular weight excluding hydrogens is 262 g/mol. The van der Waals surface area contributed by atoms with Crippen LogP contribution in [0, 0.1) is 11.8 Å². The van der Waals surface area contributed by atoms with Crippen molar-refractivity contribution in [1.29, 1.82) is 0 Å². The van der Waals surface area contributed by atoms with E-state index in [0.29, 0.717) is 6.04 Å². The quantitative estimate of drug-likeness (QED) is 0.865. The van der Waals surface area contributed by atoms with Crippen molar-refractivity contribution in [2.75, 3.05) is 33.7 Å². The molecule has 1 saturated heterocycles. The number of urea groups is 1. The summed E-state index contributed by atoms with van der Waals surface area (Å²) in [6, 6.07) is 0.766. The minimum Gasteiger partial charge on any atom is -0.331 e. The van der Waals surface area contributed by atoms with Gasteiger partial charge in [0.05, 0.1) is 0 Å². The van der Waals surface area contributed by atoms with Gasteiger partial charge in [-0.15, -0.1) is 0 Å². The SMILES string of the molecule is CC1CCCC(CCNC2CCN(C(=O)N(C)C)CC2)C1. The van der Waals surface area contributed by atoms with Crippen molar-refractivity contribution in [2.45, 2.75) is 57.9 Å². The van der Waals surface area contributed by atoms with Crippen LogP contribution in [0.5, 0.6) is 0 Å². The summed E-state index contributed by atoms with van der Waals surface area (Å²) < 4.78 is 0. The fourth-order valence-corrected chi connectivity index (χ4v) is 3.87. The van der Waals surface area contributed by atoms with Crippen molar-refractivity contribution in [2.24, 2.45) is 11.8 Å². The maximum Gasteiger partial charge on any atom is 0.319 e. The van der Waals surface area contributed by atoms with Gasteiger partial charge < -0.3 is 15.1 Å². The first-order valence-corrected chi connectivity index (χ1v) is 8.76. The number of piperidine rings is 1. The van der Waals surface area contributed by atoms with E-state index in [1.54, 1.807) is 4.90 Å². The average molecular weight is 295 g/mol. The number of nitrogens with zero attached hydrogens (tertiary/aromatic N) is 2. The first-order valence-electron chi connectivity index (χ1n) is 8.76. The highest BCUT2D eigenvalue weighted by atomic mass is 16.2. The highest BCUT2D eigenvalue weighted by molar-refractivity contribution is 5.73. The molecule has 0 spiro atoms. The van der Waals surface area contributed by atoms with Crippen molar-refractivity contribution < 1.29 is 4.79 Å². The zero-order chi connectivity index (χ0) is 15.2. The molecule has 2 atom stereocenters. The van der Waals surface area contributed by atoms with Gasteiger partial charge in [0.2, 0.25) is 0 Å². The van der Waals surface area contributed by atoms with Crippen LogP contribution in [0.3, 0.4) is 0 Å². The topological polar surface area (TPSA) is 35.6 Å². The summed E-state index contributed by atoms with van der Waals surface area (Å²) in [5.41, 5.74) is 0. The molecule has 0 radical (unpaired) electrons. The minimum atomic E-state index is 0.157. The number of rotatable bonds is 4. The number of hydrogen-bond donors (Lipinski definition) is 1. The van der Waals surface area contributed by atoms with Gasteiger partial charge in [-0.25, -0.2) is 4.79 Å². The van der Waals surface area contributed by atoms with Crippen LogP contribution in [0.25, 0.3) is 0 Å². The third-order valence-electron chi connectivity index (χ3n) is 5.18. The average Bonchev–Trinajstić information content (AvgIpc) is 2.47. The molecule has 2 aliphatic rings. The third-order valence-corrected chi connectivity index (χ3v) is 5.18. The summed E-state index contributed by atoms with van der Waals surface area (Å²) in [5.74, 6) is 1.88. The Hall–Kier alpha value is -0.770. The Kier molecular flexibility index (Phi) is 6.34. The predicted octanol–water partition coefficient (Wildman–Crippen LogP) is 2.94. The van der Waals surface area contributed by atoms with Gasteiger partial charge in [-0.05, 0) is 44.1 Å². The van der Waals surface area contributed by atoms with Crippen LogP contribution in [0.2, 0.25) is 0 Å². The van der Waals surface area contributed by atoms with Crippen LogP contribution < -0.4 is 5.32 Å². The molecule has 2 amide bonds. The standard InChI is InChI=1S/C17H33N3O/c1-14-5-4-6-15(13-14)7-10-18-16-8-11-20(12-9-16)17(21)19(2)3/h14-16,18H,4-13H2,1-3H3. The van der Waals surface area contributed by atoms with Gasteiger partial charge in [0.15, 0.2) is 0 Å². The van der Waals surface area contributed by atoms with Crippen LogP contribution >= 0.6 is 0 Å². The molecule has 0 aromatic heterocycles. The highest BCUT2D eigenvalue weighted by Crippen LogP contribution is 2.30. The van der Waals surface area contributed by atoms with Gasteiger partial charge >= 0.3 is 6.03 Å². The van der Waals surface area contributed by atoms with Crippen LogP contribution in [-0.2, 0) is 0 Å². The number of likely N-dealkylation sites (tertiary alicyclic amines) is 1. The normalized spacial score (nSPS) is 27.7. The van der Waals surface area contributed by atoms with Crippen LogP contribution in [0.1, 0.15) is 51.9 Å². The molecule has 4 nitrogen and oxygen atoms in total. The number of hydrogen-bond acceptors (Lipinski definition) is 2. The Labute approximate surface area is 130 Å². The van der Waals surface area contributed by atoms with Gasteiger partial charge in [0, 0.05) is 33.2 Å². The monoisotopic (exact) mass is 295 g/mol. The lowest BCUT2D eigenvalue weighted by atomic mass is 9.81. The summed E-state index contributed by atoms with van der Waals surface area (Å²) >= 11 is 0. The molecular formula is C17H33N3O. The zero-order valence-corrected chi connectivity index (χ0v) is 14.1. The van der Waals surface area contributed by atoms with Gasteiger partial charge in [0.1, 0.15) is 0 Å². The first kappa shape index (κ1) is 16.6. The van der Waals surface area contributed by atoms with E-state index in [4.69, 9.17) is 0 Å². The van der Waals surface area contributed by atoms with Crippen LogP contribution in [0.15, 0.2) is 0 Å².